The topological polar surface area (TPSA) is 46.5 Å². The summed E-state index contributed by atoms with van der Waals surface area (Å²) in [5.41, 5.74) is 0.0961. The summed E-state index contributed by atoms with van der Waals surface area (Å²) in [5.74, 6) is -1.19. The molecule has 0 aromatic heterocycles. The Kier molecular flexibility index (Phi) is 3.05. The van der Waals surface area contributed by atoms with E-state index in [-0.39, 0.29) is 17.1 Å². The van der Waals surface area contributed by atoms with Gasteiger partial charge in [0.1, 0.15) is 5.75 Å². The molecule has 3 nitrogen and oxygen atoms in total. The number of hydrogen-bond acceptors (Lipinski definition) is 2. The summed E-state index contributed by atoms with van der Waals surface area (Å²) in [6.07, 6.45) is 0. The van der Waals surface area contributed by atoms with Gasteiger partial charge in [-0.15, -0.1) is 0 Å². The van der Waals surface area contributed by atoms with Crippen LogP contribution in [0, 0.1) is 5.82 Å². The second-order valence-corrected chi connectivity index (χ2v) is 3.37. The third-order valence-corrected chi connectivity index (χ3v) is 2.15. The Morgan fingerprint density at radius 3 is 2.59 bits per heavy atom. The van der Waals surface area contributed by atoms with E-state index in [1.54, 1.807) is 24.3 Å². The van der Waals surface area contributed by atoms with Crippen LogP contribution in [0.4, 0.5) is 4.39 Å². The second-order valence-electron chi connectivity index (χ2n) is 3.37. The molecular formula is C13H9FO3. The number of para-hydroxylation sites is 1. The molecule has 0 spiro atoms. The van der Waals surface area contributed by atoms with Crippen molar-refractivity contribution >= 4 is 5.97 Å². The van der Waals surface area contributed by atoms with Crippen molar-refractivity contribution in [1.82, 2.24) is 0 Å². The van der Waals surface area contributed by atoms with E-state index in [0.717, 1.165) is 0 Å². The molecule has 0 aliphatic heterocycles. The molecule has 0 atom stereocenters. The van der Waals surface area contributed by atoms with Gasteiger partial charge in [-0.1, -0.05) is 18.2 Å². The van der Waals surface area contributed by atoms with Crippen molar-refractivity contribution in [3.05, 3.63) is 59.9 Å². The minimum Gasteiger partial charge on any atom is -0.478 e. The first kappa shape index (κ1) is 11.1. The number of carbonyl (C=O) groups is 1. The van der Waals surface area contributed by atoms with E-state index >= 15 is 0 Å². The number of aromatic carboxylic acids is 1. The zero-order chi connectivity index (χ0) is 12.3. The SMILES string of the molecule is O=C(O)c1cccc(Oc2ccccc2F)c1. The highest BCUT2D eigenvalue weighted by molar-refractivity contribution is 5.88. The summed E-state index contributed by atoms with van der Waals surface area (Å²) < 4.78 is 18.6. The molecule has 0 saturated carbocycles. The van der Waals surface area contributed by atoms with Gasteiger partial charge in [0.15, 0.2) is 11.6 Å². The third-order valence-electron chi connectivity index (χ3n) is 2.15. The number of ether oxygens (including phenoxy) is 1. The normalized spacial score (nSPS) is 9.94. The van der Waals surface area contributed by atoms with Gasteiger partial charge in [0.05, 0.1) is 5.56 Å². The van der Waals surface area contributed by atoms with Crippen LogP contribution in [0.2, 0.25) is 0 Å². The first-order valence-corrected chi connectivity index (χ1v) is 4.92. The molecule has 0 fully saturated rings. The molecule has 86 valence electrons. The van der Waals surface area contributed by atoms with E-state index in [1.165, 1.54) is 24.3 Å². The van der Waals surface area contributed by atoms with Gasteiger partial charge >= 0.3 is 5.97 Å². The average Bonchev–Trinajstić information content (AvgIpc) is 2.32. The van der Waals surface area contributed by atoms with Crippen molar-refractivity contribution in [2.45, 2.75) is 0 Å². The van der Waals surface area contributed by atoms with E-state index in [1.807, 2.05) is 0 Å². The fraction of sp³-hybridized carbons (Fsp3) is 0. The van der Waals surface area contributed by atoms with Crippen molar-refractivity contribution in [3.8, 4) is 11.5 Å². The van der Waals surface area contributed by atoms with E-state index in [4.69, 9.17) is 9.84 Å². The predicted molar refractivity (Wildman–Crippen MR) is 59.9 cm³/mol. The molecule has 0 saturated heterocycles. The molecule has 17 heavy (non-hydrogen) atoms. The molecule has 0 aliphatic carbocycles. The molecule has 2 aromatic rings. The fourth-order valence-corrected chi connectivity index (χ4v) is 1.35. The van der Waals surface area contributed by atoms with E-state index < -0.39 is 11.8 Å². The Morgan fingerprint density at radius 2 is 1.88 bits per heavy atom. The van der Waals surface area contributed by atoms with Crippen LogP contribution in [0.15, 0.2) is 48.5 Å². The summed E-state index contributed by atoms with van der Waals surface area (Å²) in [5, 5.41) is 8.80. The van der Waals surface area contributed by atoms with Crippen LogP contribution in [0.3, 0.4) is 0 Å². The molecule has 0 bridgehead atoms. The number of carboxylic acids is 1. The van der Waals surface area contributed by atoms with Gasteiger partial charge in [0.25, 0.3) is 0 Å². The molecule has 1 N–H and O–H groups in total. The second kappa shape index (κ2) is 4.65. The Balaban J connectivity index is 2.28. The zero-order valence-corrected chi connectivity index (χ0v) is 8.76. The van der Waals surface area contributed by atoms with Gasteiger partial charge in [0.2, 0.25) is 0 Å². The van der Waals surface area contributed by atoms with Gasteiger partial charge in [0, 0.05) is 0 Å². The Bertz CT molecular complexity index is 552. The molecule has 0 aliphatic rings. The van der Waals surface area contributed by atoms with Crippen molar-refractivity contribution in [2.24, 2.45) is 0 Å². The summed E-state index contributed by atoms with van der Waals surface area (Å²) in [6, 6.07) is 11.8. The van der Waals surface area contributed by atoms with Crippen molar-refractivity contribution < 1.29 is 19.0 Å². The van der Waals surface area contributed by atoms with Crippen molar-refractivity contribution in [1.29, 1.82) is 0 Å². The molecule has 0 radical (unpaired) electrons. The fourth-order valence-electron chi connectivity index (χ4n) is 1.35. The largest absolute Gasteiger partial charge is 0.478 e. The lowest BCUT2D eigenvalue weighted by molar-refractivity contribution is 0.0696. The highest BCUT2D eigenvalue weighted by atomic mass is 19.1. The molecule has 0 amide bonds. The van der Waals surface area contributed by atoms with Gasteiger partial charge < -0.3 is 9.84 Å². The molecule has 2 rings (SSSR count). The summed E-state index contributed by atoms with van der Waals surface area (Å²) in [6.45, 7) is 0. The van der Waals surface area contributed by atoms with Gasteiger partial charge in [-0.05, 0) is 30.3 Å². The van der Waals surface area contributed by atoms with Gasteiger partial charge in [-0.3, -0.25) is 0 Å². The van der Waals surface area contributed by atoms with Gasteiger partial charge in [-0.25, -0.2) is 9.18 Å². The van der Waals surface area contributed by atoms with E-state index in [9.17, 15) is 9.18 Å². The lowest BCUT2D eigenvalue weighted by atomic mass is 10.2. The first-order valence-electron chi connectivity index (χ1n) is 4.92. The minimum atomic E-state index is -1.05. The monoisotopic (exact) mass is 232 g/mol. The molecule has 2 aromatic carbocycles. The minimum absolute atomic E-state index is 0.0649. The quantitative estimate of drug-likeness (QED) is 0.882. The van der Waals surface area contributed by atoms with E-state index in [0.29, 0.717) is 0 Å². The standard InChI is InChI=1S/C13H9FO3/c14-11-6-1-2-7-12(11)17-10-5-3-4-9(8-10)13(15)16/h1-8H,(H,15,16). The Hall–Kier alpha value is -2.36. The molecule has 0 unspecified atom stereocenters. The molecule has 4 heteroatoms. The number of rotatable bonds is 3. The van der Waals surface area contributed by atoms with Crippen LogP contribution in [-0.2, 0) is 0 Å². The number of hydrogen-bond donors (Lipinski definition) is 1. The summed E-state index contributed by atoms with van der Waals surface area (Å²) >= 11 is 0. The molecule has 0 heterocycles. The lowest BCUT2D eigenvalue weighted by Crippen LogP contribution is -1.96. The number of carboxylic acid groups (broad SMARTS) is 1. The average molecular weight is 232 g/mol. The number of benzene rings is 2. The maximum absolute atomic E-state index is 13.3. The van der Waals surface area contributed by atoms with Gasteiger partial charge in [-0.2, -0.15) is 0 Å². The van der Waals surface area contributed by atoms with Crippen LogP contribution in [0.1, 0.15) is 10.4 Å². The smallest absolute Gasteiger partial charge is 0.335 e. The van der Waals surface area contributed by atoms with Crippen LogP contribution in [0.5, 0.6) is 11.5 Å². The van der Waals surface area contributed by atoms with E-state index in [2.05, 4.69) is 0 Å². The van der Waals surface area contributed by atoms with Crippen LogP contribution >= 0.6 is 0 Å². The van der Waals surface area contributed by atoms with Crippen LogP contribution in [-0.4, -0.2) is 11.1 Å². The maximum atomic E-state index is 13.3. The highest BCUT2D eigenvalue weighted by Crippen LogP contribution is 2.24. The number of halogens is 1. The summed E-state index contributed by atoms with van der Waals surface area (Å²) in [4.78, 5) is 10.7. The Morgan fingerprint density at radius 1 is 1.12 bits per heavy atom. The molecular weight excluding hydrogens is 223 g/mol. The Labute approximate surface area is 97.1 Å². The summed E-state index contributed by atoms with van der Waals surface area (Å²) in [7, 11) is 0. The van der Waals surface area contributed by atoms with Crippen molar-refractivity contribution in [3.63, 3.8) is 0 Å². The third kappa shape index (κ3) is 2.60. The zero-order valence-electron chi connectivity index (χ0n) is 8.76. The highest BCUT2D eigenvalue weighted by Gasteiger charge is 2.06. The maximum Gasteiger partial charge on any atom is 0.335 e. The predicted octanol–water partition coefficient (Wildman–Crippen LogP) is 3.32. The van der Waals surface area contributed by atoms with Crippen LogP contribution in [0.25, 0.3) is 0 Å². The van der Waals surface area contributed by atoms with Crippen LogP contribution < -0.4 is 4.74 Å². The van der Waals surface area contributed by atoms with Crippen molar-refractivity contribution in [2.75, 3.05) is 0 Å². The lowest BCUT2D eigenvalue weighted by Gasteiger charge is -2.06. The first-order chi connectivity index (χ1) is 8.16.